The summed E-state index contributed by atoms with van der Waals surface area (Å²) in [5.41, 5.74) is 1.16. The number of hydrogen-bond acceptors (Lipinski definition) is 2. The molecule has 1 aromatic heterocycles. The lowest BCUT2D eigenvalue weighted by Crippen LogP contribution is -2.05. The van der Waals surface area contributed by atoms with Crippen molar-refractivity contribution >= 4 is 0 Å². The summed E-state index contributed by atoms with van der Waals surface area (Å²) < 4.78 is 2.08. The van der Waals surface area contributed by atoms with Gasteiger partial charge in [-0.15, -0.1) is 0 Å². The van der Waals surface area contributed by atoms with Gasteiger partial charge in [-0.2, -0.15) is 5.10 Å². The van der Waals surface area contributed by atoms with Crippen LogP contribution in [-0.4, -0.2) is 14.8 Å². The quantitative estimate of drug-likeness (QED) is 0.704. The van der Waals surface area contributed by atoms with E-state index in [1.54, 1.807) is 0 Å². The summed E-state index contributed by atoms with van der Waals surface area (Å²) in [6.45, 7) is 6.84. The molecule has 0 aromatic carbocycles. The lowest BCUT2D eigenvalue weighted by molar-refractivity contribution is 0.627. The molecule has 2 aliphatic rings. The first-order valence-corrected chi connectivity index (χ1v) is 5.83. The second kappa shape index (κ2) is 3.19. The minimum atomic E-state index is 0.661. The Morgan fingerprint density at radius 1 is 1.33 bits per heavy atom. The lowest BCUT2D eigenvalue weighted by Gasteiger charge is -2.03. The first kappa shape index (κ1) is 9.13. The summed E-state index contributed by atoms with van der Waals surface area (Å²) >= 11 is 0. The fourth-order valence-corrected chi connectivity index (χ4v) is 1.90. The Labute approximate surface area is 90.2 Å². The first-order chi connectivity index (χ1) is 7.24. The molecular weight excluding hydrogens is 186 g/mol. The van der Waals surface area contributed by atoms with Crippen LogP contribution >= 0.6 is 0 Å². The Morgan fingerprint density at radius 3 is 2.53 bits per heavy atom. The SMILES string of the molecule is C=C(C)Cn1nc(C2CC2)nc1C1CC1. The highest BCUT2D eigenvalue weighted by molar-refractivity contribution is 5.13. The highest BCUT2D eigenvalue weighted by atomic mass is 15.4. The second-order valence-corrected chi connectivity index (χ2v) is 4.99. The van der Waals surface area contributed by atoms with Crippen LogP contribution < -0.4 is 0 Å². The van der Waals surface area contributed by atoms with Crippen LogP contribution in [0.25, 0.3) is 0 Å². The Balaban J connectivity index is 1.90. The average molecular weight is 203 g/mol. The second-order valence-electron chi connectivity index (χ2n) is 4.99. The third-order valence-electron chi connectivity index (χ3n) is 3.02. The summed E-state index contributed by atoms with van der Waals surface area (Å²) in [6, 6.07) is 0. The van der Waals surface area contributed by atoms with Crippen LogP contribution in [0.1, 0.15) is 56.1 Å². The smallest absolute Gasteiger partial charge is 0.154 e. The zero-order valence-electron chi connectivity index (χ0n) is 9.24. The summed E-state index contributed by atoms with van der Waals surface area (Å²) in [5.74, 6) is 3.64. The Morgan fingerprint density at radius 2 is 2.00 bits per heavy atom. The molecular formula is C12H17N3. The van der Waals surface area contributed by atoms with Gasteiger partial charge in [0.1, 0.15) is 5.82 Å². The zero-order chi connectivity index (χ0) is 10.4. The van der Waals surface area contributed by atoms with Crippen molar-refractivity contribution in [1.29, 1.82) is 0 Å². The van der Waals surface area contributed by atoms with Crippen molar-refractivity contribution in [2.45, 2.75) is 51.0 Å². The predicted molar refractivity (Wildman–Crippen MR) is 58.8 cm³/mol. The molecule has 0 aliphatic heterocycles. The molecule has 0 amide bonds. The lowest BCUT2D eigenvalue weighted by atomic mass is 10.3. The Hall–Kier alpha value is -1.12. The molecule has 80 valence electrons. The molecule has 3 heteroatoms. The summed E-state index contributed by atoms with van der Waals surface area (Å²) in [7, 11) is 0. The van der Waals surface area contributed by atoms with Crippen LogP contribution in [0.3, 0.4) is 0 Å². The van der Waals surface area contributed by atoms with Crippen molar-refractivity contribution in [3.05, 3.63) is 23.8 Å². The third-order valence-corrected chi connectivity index (χ3v) is 3.02. The maximum absolute atomic E-state index is 4.70. The van der Waals surface area contributed by atoms with Crippen LogP contribution in [0.5, 0.6) is 0 Å². The molecule has 1 aromatic rings. The van der Waals surface area contributed by atoms with Gasteiger partial charge in [0.2, 0.25) is 0 Å². The Bertz CT molecular complexity index is 397. The van der Waals surface area contributed by atoms with E-state index in [2.05, 4.69) is 23.3 Å². The third kappa shape index (κ3) is 1.83. The van der Waals surface area contributed by atoms with Gasteiger partial charge in [-0.25, -0.2) is 9.67 Å². The minimum Gasteiger partial charge on any atom is -0.245 e. The molecule has 0 atom stereocenters. The largest absolute Gasteiger partial charge is 0.245 e. The maximum Gasteiger partial charge on any atom is 0.154 e. The molecule has 15 heavy (non-hydrogen) atoms. The van der Waals surface area contributed by atoms with Crippen LogP contribution in [0, 0.1) is 0 Å². The monoisotopic (exact) mass is 203 g/mol. The van der Waals surface area contributed by atoms with Crippen LogP contribution in [0.15, 0.2) is 12.2 Å². The van der Waals surface area contributed by atoms with Gasteiger partial charge >= 0.3 is 0 Å². The fourth-order valence-electron chi connectivity index (χ4n) is 1.90. The van der Waals surface area contributed by atoms with Crippen LogP contribution in [0.2, 0.25) is 0 Å². The van der Waals surface area contributed by atoms with Crippen molar-refractivity contribution in [3.63, 3.8) is 0 Å². The average Bonchev–Trinajstić information content (AvgIpc) is 3.06. The van der Waals surface area contributed by atoms with E-state index in [9.17, 15) is 0 Å². The summed E-state index contributed by atoms with van der Waals surface area (Å²) in [4.78, 5) is 4.70. The first-order valence-electron chi connectivity index (χ1n) is 5.83. The van der Waals surface area contributed by atoms with Gasteiger partial charge in [-0.1, -0.05) is 12.2 Å². The van der Waals surface area contributed by atoms with E-state index < -0.39 is 0 Å². The standard InChI is InChI=1S/C12H17N3/c1-8(2)7-15-12(10-5-6-10)13-11(14-15)9-3-4-9/h9-10H,1,3-7H2,2H3. The molecule has 3 rings (SSSR count). The van der Waals surface area contributed by atoms with Gasteiger partial charge in [-0.05, 0) is 32.6 Å². The number of hydrogen-bond donors (Lipinski definition) is 0. The molecule has 0 saturated heterocycles. The van der Waals surface area contributed by atoms with E-state index in [0.717, 1.165) is 17.9 Å². The highest BCUT2D eigenvalue weighted by Gasteiger charge is 2.34. The molecule has 0 N–H and O–H groups in total. The zero-order valence-corrected chi connectivity index (χ0v) is 9.24. The fraction of sp³-hybridized carbons (Fsp3) is 0.667. The van der Waals surface area contributed by atoms with Crippen LogP contribution in [-0.2, 0) is 6.54 Å². The van der Waals surface area contributed by atoms with Crippen molar-refractivity contribution in [3.8, 4) is 0 Å². The van der Waals surface area contributed by atoms with E-state index in [4.69, 9.17) is 4.98 Å². The molecule has 0 spiro atoms. The van der Waals surface area contributed by atoms with E-state index in [0.29, 0.717) is 11.8 Å². The molecule has 0 radical (unpaired) electrons. The minimum absolute atomic E-state index is 0.661. The van der Waals surface area contributed by atoms with Crippen molar-refractivity contribution < 1.29 is 0 Å². The van der Waals surface area contributed by atoms with E-state index in [1.807, 2.05) is 0 Å². The predicted octanol–water partition coefficient (Wildman–Crippen LogP) is 2.61. The molecule has 0 unspecified atom stereocenters. The van der Waals surface area contributed by atoms with Gasteiger partial charge < -0.3 is 0 Å². The summed E-state index contributed by atoms with van der Waals surface area (Å²) in [6.07, 6.45) is 5.14. The molecule has 1 heterocycles. The van der Waals surface area contributed by atoms with Crippen molar-refractivity contribution in [2.75, 3.05) is 0 Å². The molecule has 3 nitrogen and oxygen atoms in total. The summed E-state index contributed by atoms with van der Waals surface area (Å²) in [5, 5.41) is 4.62. The maximum atomic E-state index is 4.70. The van der Waals surface area contributed by atoms with Gasteiger partial charge in [0, 0.05) is 11.8 Å². The van der Waals surface area contributed by atoms with E-state index >= 15 is 0 Å². The van der Waals surface area contributed by atoms with Crippen molar-refractivity contribution in [2.24, 2.45) is 0 Å². The molecule has 2 fully saturated rings. The van der Waals surface area contributed by atoms with E-state index in [1.165, 1.54) is 31.5 Å². The van der Waals surface area contributed by atoms with Gasteiger partial charge in [0.25, 0.3) is 0 Å². The van der Waals surface area contributed by atoms with Gasteiger partial charge in [0.15, 0.2) is 5.82 Å². The molecule has 0 bridgehead atoms. The van der Waals surface area contributed by atoms with E-state index in [-0.39, 0.29) is 0 Å². The number of nitrogens with zero attached hydrogens (tertiary/aromatic N) is 3. The number of aromatic nitrogens is 3. The van der Waals surface area contributed by atoms with Gasteiger partial charge in [0.05, 0.1) is 6.54 Å². The molecule has 2 aliphatic carbocycles. The van der Waals surface area contributed by atoms with Crippen molar-refractivity contribution in [1.82, 2.24) is 14.8 Å². The normalized spacial score (nSPS) is 20.6. The number of rotatable bonds is 4. The van der Waals surface area contributed by atoms with Crippen LogP contribution in [0.4, 0.5) is 0 Å². The molecule has 2 saturated carbocycles. The Kier molecular flexibility index (Phi) is 1.94. The topological polar surface area (TPSA) is 30.7 Å². The van der Waals surface area contributed by atoms with Gasteiger partial charge in [-0.3, -0.25) is 0 Å². The number of allylic oxidation sites excluding steroid dienone is 1. The highest BCUT2D eigenvalue weighted by Crippen LogP contribution is 2.42.